The topological polar surface area (TPSA) is 26.0 Å². The van der Waals surface area contributed by atoms with Crippen molar-refractivity contribution < 1.29 is 0 Å². The second kappa shape index (κ2) is 4.85. The molecule has 0 bridgehead atoms. The third-order valence-corrected chi connectivity index (χ3v) is 0.955. The molecule has 0 aromatic carbocycles. The Labute approximate surface area is 51.6 Å². The van der Waals surface area contributed by atoms with Crippen LogP contribution in [-0.4, -0.2) is 6.04 Å². The first-order chi connectivity index (χ1) is 3.81. The molecule has 8 heavy (non-hydrogen) atoms. The molecule has 48 valence electrons. The van der Waals surface area contributed by atoms with E-state index in [1.807, 2.05) is 26.0 Å². The zero-order chi connectivity index (χ0) is 6.41. The van der Waals surface area contributed by atoms with Gasteiger partial charge in [-0.1, -0.05) is 12.2 Å². The highest BCUT2D eigenvalue weighted by atomic mass is 14.7. The fraction of sp³-hybridized carbons (Fsp3) is 0.714. The highest BCUT2D eigenvalue weighted by Crippen LogP contribution is 2.13. The average molecular weight is 113 g/mol. The lowest BCUT2D eigenvalue weighted by Crippen LogP contribution is -1.94. The number of hydrogen-bond donors (Lipinski definition) is 1. The monoisotopic (exact) mass is 113 g/mol. The number of hydrogen-bond acceptors (Lipinski definition) is 1. The minimum Gasteiger partial charge on any atom is -0.328 e. The molecule has 1 heteroatoms. The van der Waals surface area contributed by atoms with E-state index in [9.17, 15) is 0 Å². The third-order valence-electron chi connectivity index (χ3n) is 0.955. The average Bonchev–Trinajstić information content (AvgIpc) is 2.52. The molecular weight excluding hydrogens is 98.1 g/mol. The summed E-state index contributed by atoms with van der Waals surface area (Å²) in [5.41, 5.74) is 5.22. The highest BCUT2D eigenvalue weighted by molar-refractivity contribution is 4.75. The van der Waals surface area contributed by atoms with Crippen molar-refractivity contribution >= 4 is 0 Å². The van der Waals surface area contributed by atoms with Gasteiger partial charge in [-0.2, -0.15) is 0 Å². The quantitative estimate of drug-likeness (QED) is 0.475. The molecule has 0 spiro atoms. The largest absolute Gasteiger partial charge is 0.328 e. The first kappa shape index (κ1) is 7.70. The van der Waals surface area contributed by atoms with Gasteiger partial charge in [0.1, 0.15) is 0 Å². The van der Waals surface area contributed by atoms with E-state index < -0.39 is 0 Å². The smallest absolute Gasteiger partial charge is 0.00399 e. The molecule has 0 unspecified atom stereocenters. The Kier molecular flexibility index (Phi) is 4.67. The lowest BCUT2D eigenvalue weighted by Gasteiger charge is -1.58. The van der Waals surface area contributed by atoms with Crippen molar-refractivity contribution in [3.63, 3.8) is 0 Å². The van der Waals surface area contributed by atoms with Gasteiger partial charge in [-0.25, -0.2) is 0 Å². The molecule has 1 aliphatic rings. The molecule has 0 aliphatic heterocycles. The van der Waals surface area contributed by atoms with Crippen LogP contribution in [0, 0.1) is 0 Å². The summed E-state index contributed by atoms with van der Waals surface area (Å²) in [4.78, 5) is 0. The molecule has 1 fully saturated rings. The van der Waals surface area contributed by atoms with Crippen molar-refractivity contribution in [2.75, 3.05) is 0 Å². The minimum atomic E-state index is 0.583. The van der Waals surface area contributed by atoms with Gasteiger partial charge in [0.2, 0.25) is 0 Å². The molecule has 0 saturated heterocycles. The van der Waals surface area contributed by atoms with Crippen LogP contribution in [-0.2, 0) is 0 Å². The van der Waals surface area contributed by atoms with Crippen molar-refractivity contribution in [3.8, 4) is 0 Å². The SMILES string of the molecule is CC=CC.NC1CC1. The molecule has 0 atom stereocenters. The molecule has 1 aliphatic carbocycles. The van der Waals surface area contributed by atoms with Gasteiger partial charge in [0.05, 0.1) is 0 Å². The van der Waals surface area contributed by atoms with Gasteiger partial charge in [0, 0.05) is 6.04 Å². The lowest BCUT2D eigenvalue weighted by atomic mass is 10.6. The van der Waals surface area contributed by atoms with Gasteiger partial charge in [-0.05, 0) is 26.7 Å². The Bertz CT molecular complexity index is 58.8. The number of nitrogens with two attached hydrogens (primary N) is 1. The maximum atomic E-state index is 5.22. The van der Waals surface area contributed by atoms with Crippen LogP contribution in [0.15, 0.2) is 12.2 Å². The summed E-state index contributed by atoms with van der Waals surface area (Å²) in [6.07, 6.45) is 6.53. The van der Waals surface area contributed by atoms with Crippen LogP contribution < -0.4 is 5.73 Å². The van der Waals surface area contributed by atoms with Crippen molar-refractivity contribution in [3.05, 3.63) is 12.2 Å². The van der Waals surface area contributed by atoms with Gasteiger partial charge in [-0.15, -0.1) is 0 Å². The van der Waals surface area contributed by atoms with Gasteiger partial charge in [0.15, 0.2) is 0 Å². The van der Waals surface area contributed by atoms with Gasteiger partial charge < -0.3 is 5.73 Å². The number of rotatable bonds is 0. The van der Waals surface area contributed by atoms with E-state index in [2.05, 4.69) is 0 Å². The molecule has 0 aromatic rings. The predicted octanol–water partition coefficient (Wildman–Crippen LogP) is 1.69. The van der Waals surface area contributed by atoms with E-state index in [0.29, 0.717) is 6.04 Å². The normalized spacial score (nSPS) is 17.9. The molecule has 1 nitrogen and oxygen atoms in total. The predicted molar refractivity (Wildman–Crippen MR) is 37.7 cm³/mol. The zero-order valence-corrected chi connectivity index (χ0v) is 5.72. The van der Waals surface area contributed by atoms with Crippen LogP contribution in [0.3, 0.4) is 0 Å². The Hall–Kier alpha value is -0.300. The van der Waals surface area contributed by atoms with Crippen LogP contribution in [0.5, 0.6) is 0 Å². The van der Waals surface area contributed by atoms with E-state index in [1.54, 1.807) is 0 Å². The standard InChI is InChI=1S/C4H8.C3H7N/c1-3-4-2;4-3-1-2-3/h3-4H,1-2H3;3H,1-2,4H2. The Morgan fingerprint density at radius 2 is 1.50 bits per heavy atom. The lowest BCUT2D eigenvalue weighted by molar-refractivity contribution is 1.07. The Morgan fingerprint density at radius 1 is 1.25 bits per heavy atom. The molecule has 1 rings (SSSR count). The van der Waals surface area contributed by atoms with E-state index >= 15 is 0 Å². The summed E-state index contributed by atoms with van der Waals surface area (Å²) >= 11 is 0. The maximum absolute atomic E-state index is 5.22. The van der Waals surface area contributed by atoms with Crippen LogP contribution in [0.25, 0.3) is 0 Å². The van der Waals surface area contributed by atoms with Crippen LogP contribution in [0.2, 0.25) is 0 Å². The molecule has 0 radical (unpaired) electrons. The Balaban J connectivity index is 0.000000122. The minimum absolute atomic E-state index is 0.583. The molecule has 1 saturated carbocycles. The molecular formula is C7H15N. The van der Waals surface area contributed by atoms with E-state index in [0.717, 1.165) is 0 Å². The second-order valence-corrected chi connectivity index (χ2v) is 2.00. The fourth-order valence-electron chi connectivity index (χ4n) is 0.0962. The molecule has 0 heterocycles. The van der Waals surface area contributed by atoms with Crippen LogP contribution in [0.4, 0.5) is 0 Å². The molecule has 2 N–H and O–H groups in total. The maximum Gasteiger partial charge on any atom is 0.00399 e. The zero-order valence-electron chi connectivity index (χ0n) is 5.72. The summed E-state index contributed by atoms with van der Waals surface area (Å²) in [5.74, 6) is 0. The fourth-order valence-corrected chi connectivity index (χ4v) is 0.0962. The first-order valence-electron chi connectivity index (χ1n) is 3.14. The van der Waals surface area contributed by atoms with Crippen molar-refractivity contribution in [2.24, 2.45) is 5.73 Å². The number of allylic oxidation sites excluding steroid dienone is 2. The summed E-state index contributed by atoms with van der Waals surface area (Å²) in [6, 6.07) is 0.583. The van der Waals surface area contributed by atoms with Gasteiger partial charge >= 0.3 is 0 Å². The van der Waals surface area contributed by atoms with E-state index in [-0.39, 0.29) is 0 Å². The summed E-state index contributed by atoms with van der Waals surface area (Å²) in [7, 11) is 0. The molecule has 0 aromatic heterocycles. The van der Waals surface area contributed by atoms with Crippen molar-refractivity contribution in [1.82, 2.24) is 0 Å². The van der Waals surface area contributed by atoms with E-state index in [1.165, 1.54) is 12.8 Å². The third kappa shape index (κ3) is 9.20. The Morgan fingerprint density at radius 3 is 1.50 bits per heavy atom. The van der Waals surface area contributed by atoms with Gasteiger partial charge in [-0.3, -0.25) is 0 Å². The summed E-state index contributed by atoms with van der Waals surface area (Å²) in [6.45, 7) is 4.00. The van der Waals surface area contributed by atoms with Crippen molar-refractivity contribution in [2.45, 2.75) is 32.7 Å². The van der Waals surface area contributed by atoms with E-state index in [4.69, 9.17) is 5.73 Å². The van der Waals surface area contributed by atoms with Crippen LogP contribution in [0.1, 0.15) is 26.7 Å². The molecule has 0 amide bonds. The van der Waals surface area contributed by atoms with Gasteiger partial charge in [0.25, 0.3) is 0 Å². The second-order valence-electron chi connectivity index (χ2n) is 2.00. The first-order valence-corrected chi connectivity index (χ1v) is 3.14. The highest BCUT2D eigenvalue weighted by Gasteiger charge is 2.13. The summed E-state index contributed by atoms with van der Waals surface area (Å²) < 4.78 is 0. The van der Waals surface area contributed by atoms with Crippen LogP contribution >= 0.6 is 0 Å². The summed E-state index contributed by atoms with van der Waals surface area (Å²) in [5, 5.41) is 0. The van der Waals surface area contributed by atoms with Crippen molar-refractivity contribution in [1.29, 1.82) is 0 Å².